The second kappa shape index (κ2) is 5.70. The summed E-state index contributed by atoms with van der Waals surface area (Å²) in [6.45, 7) is 0.326. The molecule has 1 aromatic carbocycles. The summed E-state index contributed by atoms with van der Waals surface area (Å²) in [4.78, 5) is 9.84. The van der Waals surface area contributed by atoms with E-state index in [-0.39, 0.29) is 0 Å². The lowest BCUT2D eigenvalue weighted by Crippen LogP contribution is -2.00. The van der Waals surface area contributed by atoms with Crippen molar-refractivity contribution in [1.29, 1.82) is 0 Å². The van der Waals surface area contributed by atoms with Crippen LogP contribution in [0, 0.1) is 15.9 Å². The summed E-state index contributed by atoms with van der Waals surface area (Å²) in [6, 6.07) is 5.38. The number of nitro groups is 1. The highest BCUT2D eigenvalue weighted by Gasteiger charge is 2.14. The number of nitrogens with zero attached hydrogens (tertiary/aromatic N) is 1. The van der Waals surface area contributed by atoms with E-state index in [2.05, 4.69) is 37.2 Å². The van der Waals surface area contributed by atoms with E-state index in [0.29, 0.717) is 22.7 Å². The number of furan rings is 1. The van der Waals surface area contributed by atoms with Gasteiger partial charge < -0.3 is 9.73 Å². The minimum Gasteiger partial charge on any atom is -0.451 e. The fraction of sp³-hybridized carbons (Fsp3) is 0.0909. The summed E-state index contributed by atoms with van der Waals surface area (Å²) in [6.07, 6.45) is 0. The zero-order valence-electron chi connectivity index (χ0n) is 9.32. The van der Waals surface area contributed by atoms with Gasteiger partial charge in [0.2, 0.25) is 5.82 Å². The van der Waals surface area contributed by atoms with E-state index in [1.807, 2.05) is 0 Å². The number of rotatable bonds is 4. The minimum absolute atomic E-state index is 0.326. The molecule has 0 saturated heterocycles. The Labute approximate surface area is 124 Å². The second-order valence-corrected chi connectivity index (χ2v) is 5.19. The maximum atomic E-state index is 13.1. The van der Waals surface area contributed by atoms with Gasteiger partial charge >= 0.3 is 5.69 Å². The van der Waals surface area contributed by atoms with E-state index >= 15 is 0 Å². The monoisotopic (exact) mass is 392 g/mol. The molecule has 8 heteroatoms. The average Bonchev–Trinajstić information content (AvgIpc) is 2.67. The molecule has 1 heterocycles. The number of anilines is 1. The Morgan fingerprint density at radius 1 is 1.37 bits per heavy atom. The van der Waals surface area contributed by atoms with Crippen LogP contribution in [-0.2, 0) is 6.54 Å². The molecule has 0 spiro atoms. The molecule has 1 N–H and O–H groups in total. The van der Waals surface area contributed by atoms with E-state index in [1.54, 1.807) is 6.07 Å². The Morgan fingerprint density at radius 2 is 2.11 bits per heavy atom. The maximum Gasteiger partial charge on any atom is 0.306 e. The molecule has 0 unspecified atom stereocenters. The Morgan fingerprint density at radius 3 is 2.68 bits per heavy atom. The van der Waals surface area contributed by atoms with Gasteiger partial charge in [0.15, 0.2) is 4.67 Å². The largest absolute Gasteiger partial charge is 0.451 e. The van der Waals surface area contributed by atoms with E-state index in [4.69, 9.17) is 4.42 Å². The molecule has 2 aromatic rings. The van der Waals surface area contributed by atoms with Crippen LogP contribution in [0.3, 0.4) is 0 Å². The number of nitrogens with one attached hydrogen (secondary N) is 1. The van der Waals surface area contributed by atoms with Crippen molar-refractivity contribution in [3.63, 3.8) is 0 Å². The SMILES string of the molecule is O=[N+]([O-])c1cc(NCc2cc(Br)c(Br)o2)ccc1F. The molecule has 100 valence electrons. The van der Waals surface area contributed by atoms with Gasteiger partial charge in [-0.15, -0.1) is 0 Å². The van der Waals surface area contributed by atoms with Gasteiger partial charge in [-0.05, 0) is 50.1 Å². The van der Waals surface area contributed by atoms with Crippen LogP contribution >= 0.6 is 31.9 Å². The van der Waals surface area contributed by atoms with Gasteiger partial charge in [-0.2, -0.15) is 4.39 Å². The van der Waals surface area contributed by atoms with E-state index < -0.39 is 16.4 Å². The lowest BCUT2D eigenvalue weighted by molar-refractivity contribution is -0.387. The standard InChI is InChI=1S/C11H7Br2FN2O3/c12-8-4-7(19-11(8)13)5-15-6-1-2-9(14)10(3-6)16(17)18/h1-4,15H,5H2. The molecule has 2 rings (SSSR count). The van der Waals surface area contributed by atoms with Gasteiger partial charge in [0.1, 0.15) is 5.76 Å². The zero-order chi connectivity index (χ0) is 14.0. The topological polar surface area (TPSA) is 68.3 Å². The highest BCUT2D eigenvalue weighted by atomic mass is 79.9. The Hall–Kier alpha value is -1.41. The van der Waals surface area contributed by atoms with Crippen LogP contribution in [0.25, 0.3) is 0 Å². The van der Waals surface area contributed by atoms with Crippen molar-refractivity contribution in [3.05, 3.63) is 55.1 Å². The van der Waals surface area contributed by atoms with Gasteiger partial charge in [-0.1, -0.05) is 0 Å². The zero-order valence-corrected chi connectivity index (χ0v) is 12.5. The first-order valence-electron chi connectivity index (χ1n) is 5.09. The molecule has 0 aliphatic heterocycles. The highest BCUT2D eigenvalue weighted by Crippen LogP contribution is 2.27. The molecule has 0 aliphatic carbocycles. The van der Waals surface area contributed by atoms with Crippen molar-refractivity contribution in [2.24, 2.45) is 0 Å². The molecule has 0 atom stereocenters. The summed E-state index contributed by atoms with van der Waals surface area (Å²) in [7, 11) is 0. The molecule has 0 amide bonds. The van der Waals surface area contributed by atoms with Crippen molar-refractivity contribution in [3.8, 4) is 0 Å². The molecule has 0 saturated carbocycles. The predicted molar refractivity (Wildman–Crippen MR) is 74.5 cm³/mol. The average molecular weight is 394 g/mol. The molecule has 1 aromatic heterocycles. The molecular formula is C11H7Br2FN2O3. The molecular weight excluding hydrogens is 387 g/mol. The first-order valence-corrected chi connectivity index (χ1v) is 6.67. The predicted octanol–water partition coefficient (Wildman–Crippen LogP) is 4.46. The summed E-state index contributed by atoms with van der Waals surface area (Å²) >= 11 is 6.48. The summed E-state index contributed by atoms with van der Waals surface area (Å²) < 4.78 is 19.8. The number of benzene rings is 1. The van der Waals surface area contributed by atoms with Gasteiger partial charge in [0.05, 0.1) is 15.9 Å². The number of hydrogen-bond donors (Lipinski definition) is 1. The van der Waals surface area contributed by atoms with Crippen molar-refractivity contribution >= 4 is 43.2 Å². The van der Waals surface area contributed by atoms with E-state index in [9.17, 15) is 14.5 Å². The summed E-state index contributed by atoms with van der Waals surface area (Å²) in [5.41, 5.74) is -0.122. The Kier molecular flexibility index (Phi) is 4.20. The van der Waals surface area contributed by atoms with Crippen LogP contribution < -0.4 is 5.32 Å². The minimum atomic E-state index is -0.862. The van der Waals surface area contributed by atoms with Crippen LogP contribution in [0.2, 0.25) is 0 Å². The number of halogens is 3. The Bertz CT molecular complexity index is 611. The third-order valence-corrected chi connectivity index (χ3v) is 4.02. The first-order chi connectivity index (χ1) is 8.97. The number of nitro benzene ring substituents is 1. The molecule has 0 bridgehead atoms. The molecule has 0 fully saturated rings. The van der Waals surface area contributed by atoms with Crippen LogP contribution in [0.4, 0.5) is 15.8 Å². The van der Waals surface area contributed by atoms with Crippen LogP contribution in [0.15, 0.2) is 37.8 Å². The smallest absolute Gasteiger partial charge is 0.306 e. The third-order valence-electron chi connectivity index (χ3n) is 2.31. The lowest BCUT2D eigenvalue weighted by atomic mass is 10.2. The van der Waals surface area contributed by atoms with Crippen molar-refractivity contribution in [1.82, 2.24) is 0 Å². The fourth-order valence-corrected chi connectivity index (χ4v) is 2.09. The molecule has 19 heavy (non-hydrogen) atoms. The van der Waals surface area contributed by atoms with E-state index in [1.165, 1.54) is 6.07 Å². The molecule has 0 radical (unpaired) electrons. The van der Waals surface area contributed by atoms with Crippen LogP contribution in [0.1, 0.15) is 5.76 Å². The van der Waals surface area contributed by atoms with Gasteiger partial charge in [-0.3, -0.25) is 10.1 Å². The van der Waals surface area contributed by atoms with Crippen molar-refractivity contribution < 1.29 is 13.7 Å². The first kappa shape index (κ1) is 14.0. The summed E-state index contributed by atoms with van der Waals surface area (Å²) in [5, 5.41) is 13.5. The number of hydrogen-bond acceptors (Lipinski definition) is 4. The van der Waals surface area contributed by atoms with Gasteiger partial charge in [0, 0.05) is 11.8 Å². The quantitative estimate of drug-likeness (QED) is 0.614. The third kappa shape index (κ3) is 3.32. The maximum absolute atomic E-state index is 13.1. The second-order valence-electron chi connectivity index (χ2n) is 3.61. The van der Waals surface area contributed by atoms with Gasteiger partial charge in [-0.25, -0.2) is 0 Å². The van der Waals surface area contributed by atoms with Gasteiger partial charge in [0.25, 0.3) is 0 Å². The van der Waals surface area contributed by atoms with Crippen molar-refractivity contribution in [2.45, 2.75) is 6.54 Å². The van der Waals surface area contributed by atoms with Crippen LogP contribution in [-0.4, -0.2) is 4.92 Å². The Balaban J connectivity index is 2.11. The fourth-order valence-electron chi connectivity index (χ4n) is 1.43. The van der Waals surface area contributed by atoms with Crippen LogP contribution in [0.5, 0.6) is 0 Å². The normalized spacial score (nSPS) is 10.5. The molecule has 0 aliphatic rings. The molecule has 5 nitrogen and oxygen atoms in total. The lowest BCUT2D eigenvalue weighted by Gasteiger charge is -2.04. The highest BCUT2D eigenvalue weighted by molar-refractivity contribution is 9.13. The summed E-state index contributed by atoms with van der Waals surface area (Å²) in [5.74, 6) is -0.232. The van der Waals surface area contributed by atoms with E-state index in [0.717, 1.165) is 16.6 Å². The van der Waals surface area contributed by atoms with Crippen molar-refractivity contribution in [2.75, 3.05) is 5.32 Å².